The van der Waals surface area contributed by atoms with Crippen LogP contribution in [-0.4, -0.2) is 14.4 Å². The van der Waals surface area contributed by atoms with Gasteiger partial charge in [0.05, 0.1) is 15.5 Å². The summed E-state index contributed by atoms with van der Waals surface area (Å²) in [7, 11) is 0. The number of nitro benzene ring substituents is 2. The first-order valence-corrected chi connectivity index (χ1v) is 11.2. The summed E-state index contributed by atoms with van der Waals surface area (Å²) in [6, 6.07) is 22.9. The molecule has 0 fully saturated rings. The van der Waals surface area contributed by atoms with Crippen LogP contribution < -0.4 is 4.80 Å². The SMILES string of the molecule is O=[N+]([O-])c1cccc(-c2csc(=Nc3ccccc3[N+](=O)[O-])n2CCCc2ccccc2)c1. The average Bonchev–Trinajstić information content (AvgIpc) is 3.22. The number of rotatable bonds is 8. The first kappa shape index (κ1) is 22.1. The third kappa shape index (κ3) is 5.21. The molecule has 0 aliphatic rings. The summed E-state index contributed by atoms with van der Waals surface area (Å²) >= 11 is 1.35. The molecule has 166 valence electrons. The molecular weight excluding hydrogens is 440 g/mol. The highest BCUT2D eigenvalue weighted by molar-refractivity contribution is 7.07. The fourth-order valence-electron chi connectivity index (χ4n) is 3.55. The topological polar surface area (TPSA) is 104 Å². The van der Waals surface area contributed by atoms with Crippen molar-refractivity contribution in [3.63, 3.8) is 0 Å². The Balaban J connectivity index is 1.76. The molecule has 0 N–H and O–H groups in total. The van der Waals surface area contributed by atoms with E-state index >= 15 is 0 Å². The smallest absolute Gasteiger partial charge is 0.294 e. The Hall–Kier alpha value is -4.11. The number of benzene rings is 3. The number of nitrogens with zero attached hydrogens (tertiary/aromatic N) is 4. The van der Waals surface area contributed by atoms with Crippen molar-refractivity contribution in [2.24, 2.45) is 4.99 Å². The Morgan fingerprint density at radius 1 is 0.879 bits per heavy atom. The van der Waals surface area contributed by atoms with E-state index in [0.29, 0.717) is 16.9 Å². The van der Waals surface area contributed by atoms with Crippen molar-refractivity contribution < 1.29 is 9.85 Å². The molecule has 1 aromatic heterocycles. The van der Waals surface area contributed by atoms with E-state index in [1.807, 2.05) is 34.2 Å². The zero-order valence-electron chi connectivity index (χ0n) is 17.5. The molecule has 0 spiro atoms. The summed E-state index contributed by atoms with van der Waals surface area (Å²) in [5.74, 6) is 0. The summed E-state index contributed by atoms with van der Waals surface area (Å²) in [6.07, 6.45) is 1.66. The maximum atomic E-state index is 11.4. The predicted molar refractivity (Wildman–Crippen MR) is 127 cm³/mol. The van der Waals surface area contributed by atoms with Crippen molar-refractivity contribution in [1.29, 1.82) is 0 Å². The standard InChI is InChI=1S/C24H20N4O4S/c29-27(30)20-12-6-11-19(16-20)23-17-33-24(25-21-13-4-5-14-22(21)28(31)32)26(23)15-7-10-18-8-2-1-3-9-18/h1-6,8-9,11-14,16-17H,7,10,15H2. The minimum atomic E-state index is -0.451. The van der Waals surface area contributed by atoms with E-state index in [4.69, 9.17) is 0 Å². The summed E-state index contributed by atoms with van der Waals surface area (Å²) in [6.45, 7) is 0.607. The van der Waals surface area contributed by atoms with Gasteiger partial charge in [-0.1, -0.05) is 54.6 Å². The molecule has 0 saturated carbocycles. The van der Waals surface area contributed by atoms with Crippen LogP contribution in [0.25, 0.3) is 11.3 Å². The van der Waals surface area contributed by atoms with E-state index in [1.54, 1.807) is 24.3 Å². The second-order valence-corrected chi connectivity index (χ2v) is 8.15. The molecule has 0 aliphatic heterocycles. The number of nitro groups is 2. The largest absolute Gasteiger partial charge is 0.316 e. The number of aromatic nitrogens is 1. The van der Waals surface area contributed by atoms with Gasteiger partial charge < -0.3 is 4.57 Å². The van der Waals surface area contributed by atoms with Crippen LogP contribution in [-0.2, 0) is 13.0 Å². The minimum Gasteiger partial charge on any atom is -0.316 e. The third-order valence-electron chi connectivity index (χ3n) is 5.13. The van der Waals surface area contributed by atoms with E-state index in [1.165, 1.54) is 35.1 Å². The van der Waals surface area contributed by atoms with E-state index in [0.717, 1.165) is 18.5 Å². The maximum absolute atomic E-state index is 11.4. The number of hydrogen-bond acceptors (Lipinski definition) is 6. The number of aryl methyl sites for hydroxylation is 1. The Kier molecular flexibility index (Phi) is 6.70. The highest BCUT2D eigenvalue weighted by Gasteiger charge is 2.15. The van der Waals surface area contributed by atoms with Crippen molar-refractivity contribution in [3.8, 4) is 11.3 Å². The maximum Gasteiger partial charge on any atom is 0.294 e. The highest BCUT2D eigenvalue weighted by Crippen LogP contribution is 2.28. The van der Waals surface area contributed by atoms with Crippen molar-refractivity contribution in [1.82, 2.24) is 4.57 Å². The molecule has 0 aliphatic carbocycles. The lowest BCUT2D eigenvalue weighted by Crippen LogP contribution is -2.16. The molecule has 1 heterocycles. The summed E-state index contributed by atoms with van der Waals surface area (Å²) < 4.78 is 1.98. The van der Waals surface area contributed by atoms with E-state index in [-0.39, 0.29) is 17.1 Å². The van der Waals surface area contributed by atoms with Crippen LogP contribution >= 0.6 is 11.3 Å². The Labute approximate surface area is 193 Å². The van der Waals surface area contributed by atoms with Crippen LogP contribution in [0.3, 0.4) is 0 Å². The zero-order chi connectivity index (χ0) is 23.2. The van der Waals surface area contributed by atoms with Crippen LogP contribution in [0.15, 0.2) is 89.2 Å². The molecule has 9 heteroatoms. The van der Waals surface area contributed by atoms with Crippen LogP contribution in [0.2, 0.25) is 0 Å². The lowest BCUT2D eigenvalue weighted by molar-refractivity contribution is -0.384. The lowest BCUT2D eigenvalue weighted by Gasteiger charge is -2.10. The fraction of sp³-hybridized carbons (Fsp3) is 0.125. The second-order valence-electron chi connectivity index (χ2n) is 7.31. The van der Waals surface area contributed by atoms with E-state index in [9.17, 15) is 20.2 Å². The summed E-state index contributed by atoms with van der Waals surface area (Å²) in [5, 5.41) is 24.6. The number of hydrogen-bond donors (Lipinski definition) is 0. The highest BCUT2D eigenvalue weighted by atomic mass is 32.1. The first-order chi connectivity index (χ1) is 16.0. The molecule has 0 atom stereocenters. The molecule has 33 heavy (non-hydrogen) atoms. The summed E-state index contributed by atoms with van der Waals surface area (Å²) in [5.41, 5.74) is 2.90. The van der Waals surface area contributed by atoms with Crippen molar-refractivity contribution in [2.45, 2.75) is 19.4 Å². The minimum absolute atomic E-state index is 0.00622. The second kappa shape index (κ2) is 10.0. The Morgan fingerprint density at radius 2 is 1.64 bits per heavy atom. The number of para-hydroxylation sites is 2. The van der Waals surface area contributed by atoms with Crippen molar-refractivity contribution in [2.75, 3.05) is 0 Å². The van der Waals surface area contributed by atoms with Gasteiger partial charge in [-0.25, -0.2) is 4.99 Å². The molecule has 4 rings (SSSR count). The monoisotopic (exact) mass is 460 g/mol. The van der Waals surface area contributed by atoms with Gasteiger partial charge in [0.25, 0.3) is 11.4 Å². The zero-order valence-corrected chi connectivity index (χ0v) is 18.4. The third-order valence-corrected chi connectivity index (χ3v) is 6.00. The van der Waals surface area contributed by atoms with Crippen LogP contribution in [0.1, 0.15) is 12.0 Å². The molecular formula is C24H20N4O4S. The van der Waals surface area contributed by atoms with Crippen molar-refractivity contribution >= 4 is 28.4 Å². The molecule has 8 nitrogen and oxygen atoms in total. The van der Waals surface area contributed by atoms with Gasteiger partial charge in [-0.2, -0.15) is 0 Å². The van der Waals surface area contributed by atoms with Gasteiger partial charge in [0.2, 0.25) is 0 Å². The summed E-state index contributed by atoms with van der Waals surface area (Å²) in [4.78, 5) is 27.0. The van der Waals surface area contributed by atoms with Gasteiger partial charge in [-0.05, 0) is 24.5 Å². The molecule has 0 bridgehead atoms. The number of thiazole rings is 1. The van der Waals surface area contributed by atoms with Gasteiger partial charge in [0.1, 0.15) is 5.69 Å². The Morgan fingerprint density at radius 3 is 2.39 bits per heavy atom. The van der Waals surface area contributed by atoms with Crippen molar-refractivity contribution in [3.05, 3.63) is 115 Å². The lowest BCUT2D eigenvalue weighted by atomic mass is 10.1. The first-order valence-electron chi connectivity index (χ1n) is 10.3. The normalized spacial score (nSPS) is 11.5. The number of non-ortho nitro benzene ring substituents is 1. The van der Waals surface area contributed by atoms with Gasteiger partial charge >= 0.3 is 0 Å². The molecule has 0 unspecified atom stereocenters. The molecule has 0 radical (unpaired) electrons. The van der Waals surface area contributed by atoms with Gasteiger partial charge in [-0.3, -0.25) is 20.2 Å². The molecule has 0 amide bonds. The molecule has 4 aromatic rings. The van der Waals surface area contributed by atoms with E-state index in [2.05, 4.69) is 17.1 Å². The van der Waals surface area contributed by atoms with E-state index < -0.39 is 9.85 Å². The van der Waals surface area contributed by atoms with Gasteiger partial charge in [0, 0.05) is 35.7 Å². The molecule has 3 aromatic carbocycles. The van der Waals surface area contributed by atoms with Crippen LogP contribution in [0, 0.1) is 20.2 Å². The average molecular weight is 461 g/mol. The predicted octanol–water partition coefficient (Wildman–Crippen LogP) is 5.90. The molecule has 0 saturated heterocycles. The van der Waals surface area contributed by atoms with Gasteiger partial charge in [0.15, 0.2) is 4.80 Å². The van der Waals surface area contributed by atoms with Crippen LogP contribution in [0.5, 0.6) is 0 Å². The van der Waals surface area contributed by atoms with Gasteiger partial charge in [-0.15, -0.1) is 11.3 Å². The fourth-order valence-corrected chi connectivity index (χ4v) is 4.49. The van der Waals surface area contributed by atoms with Crippen LogP contribution in [0.4, 0.5) is 17.1 Å². The quantitative estimate of drug-likeness (QED) is 0.241. The Bertz CT molecular complexity index is 1360.